The average molecular weight is 261 g/mol. The van der Waals surface area contributed by atoms with E-state index >= 15 is 0 Å². The summed E-state index contributed by atoms with van der Waals surface area (Å²) in [6.07, 6.45) is 4.18. The lowest BCUT2D eigenvalue weighted by Gasteiger charge is -2.22. The van der Waals surface area contributed by atoms with Gasteiger partial charge in [0.1, 0.15) is 5.75 Å². The number of hydrogen-bond donors (Lipinski definition) is 1. The van der Waals surface area contributed by atoms with Gasteiger partial charge in [0.25, 0.3) is 0 Å². The maximum Gasteiger partial charge on any atom is 0.164 e. The molecule has 104 valence electrons. The maximum atomic E-state index is 12.3. The van der Waals surface area contributed by atoms with Crippen LogP contribution in [0.25, 0.3) is 0 Å². The number of carbonyl (C=O) groups excluding carboxylic acids is 1. The van der Waals surface area contributed by atoms with Gasteiger partial charge in [0, 0.05) is 18.0 Å². The van der Waals surface area contributed by atoms with Gasteiger partial charge in [-0.05, 0) is 57.0 Å². The molecule has 1 heterocycles. The number of nitrogens with one attached hydrogen (secondary N) is 1. The Kier molecular flexibility index (Phi) is 4.97. The minimum atomic E-state index is 0.227. The molecule has 0 amide bonds. The second-order valence-corrected chi connectivity index (χ2v) is 5.19. The molecule has 0 aromatic heterocycles. The fourth-order valence-electron chi connectivity index (χ4n) is 2.58. The van der Waals surface area contributed by atoms with Crippen LogP contribution in [0.1, 0.15) is 48.5 Å². The van der Waals surface area contributed by atoms with Crippen LogP contribution in [-0.4, -0.2) is 25.0 Å². The second-order valence-electron chi connectivity index (χ2n) is 5.19. The van der Waals surface area contributed by atoms with E-state index in [1.54, 1.807) is 0 Å². The number of benzene rings is 1. The van der Waals surface area contributed by atoms with E-state index in [2.05, 4.69) is 5.32 Å². The minimum absolute atomic E-state index is 0.227. The summed E-state index contributed by atoms with van der Waals surface area (Å²) in [6, 6.07) is 6.08. The van der Waals surface area contributed by atoms with E-state index < -0.39 is 0 Å². The van der Waals surface area contributed by atoms with Crippen LogP contribution in [0.4, 0.5) is 0 Å². The predicted molar refractivity (Wildman–Crippen MR) is 76.9 cm³/mol. The van der Waals surface area contributed by atoms with Gasteiger partial charge in [-0.25, -0.2) is 0 Å². The fourth-order valence-corrected chi connectivity index (χ4v) is 2.58. The molecule has 1 aliphatic rings. The van der Waals surface area contributed by atoms with Crippen LogP contribution in [0.5, 0.6) is 5.75 Å². The van der Waals surface area contributed by atoms with Gasteiger partial charge >= 0.3 is 0 Å². The van der Waals surface area contributed by atoms with Crippen LogP contribution < -0.4 is 10.1 Å². The average Bonchev–Trinajstić information content (AvgIpc) is 2.42. The molecule has 2 rings (SSSR count). The van der Waals surface area contributed by atoms with Crippen molar-refractivity contribution in [2.45, 2.75) is 45.6 Å². The first-order valence-electron chi connectivity index (χ1n) is 7.20. The Balaban J connectivity index is 2.00. The maximum absolute atomic E-state index is 12.3. The molecule has 1 N–H and O–H groups in total. The lowest BCUT2D eigenvalue weighted by molar-refractivity contribution is 0.0963. The van der Waals surface area contributed by atoms with Crippen molar-refractivity contribution >= 4 is 5.78 Å². The molecule has 0 saturated carbocycles. The first-order valence-corrected chi connectivity index (χ1v) is 7.20. The number of ketones is 1. The highest BCUT2D eigenvalue weighted by atomic mass is 16.5. The molecule has 3 nitrogen and oxygen atoms in total. The van der Waals surface area contributed by atoms with Gasteiger partial charge < -0.3 is 10.1 Å². The summed E-state index contributed by atoms with van der Waals surface area (Å²) in [6.45, 7) is 5.65. The molecule has 0 aliphatic carbocycles. The molecule has 1 fully saturated rings. The Morgan fingerprint density at radius 2 is 2.26 bits per heavy atom. The fraction of sp³-hybridized carbons (Fsp3) is 0.562. The molecule has 3 heteroatoms. The number of Topliss-reactive ketones (excluding diaryl/α,β-unsaturated/α-hetero) is 1. The van der Waals surface area contributed by atoms with E-state index in [1.165, 1.54) is 12.8 Å². The van der Waals surface area contributed by atoms with Crippen molar-refractivity contribution in [3.05, 3.63) is 29.3 Å². The van der Waals surface area contributed by atoms with E-state index in [0.717, 1.165) is 29.8 Å². The van der Waals surface area contributed by atoms with Crippen molar-refractivity contribution < 1.29 is 9.53 Å². The van der Waals surface area contributed by atoms with Crippen molar-refractivity contribution in [2.24, 2.45) is 0 Å². The third-order valence-electron chi connectivity index (χ3n) is 3.64. The Labute approximate surface area is 115 Å². The number of piperidine rings is 1. The van der Waals surface area contributed by atoms with Gasteiger partial charge in [0.2, 0.25) is 0 Å². The standard InChI is InChI=1S/C16H23NO2/c1-3-19-16-8-7-13(10-12(16)2)15(18)11-14-6-4-5-9-17-14/h7-8,10,14,17H,3-6,9,11H2,1-2H3. The van der Waals surface area contributed by atoms with Crippen molar-refractivity contribution in [3.8, 4) is 5.75 Å². The van der Waals surface area contributed by atoms with Crippen molar-refractivity contribution in [1.29, 1.82) is 0 Å². The van der Waals surface area contributed by atoms with Crippen LogP contribution in [0.2, 0.25) is 0 Å². The number of aryl methyl sites for hydroxylation is 1. The predicted octanol–water partition coefficient (Wildman–Crippen LogP) is 3.11. The highest BCUT2D eigenvalue weighted by Crippen LogP contribution is 2.21. The van der Waals surface area contributed by atoms with Crippen molar-refractivity contribution in [2.75, 3.05) is 13.2 Å². The van der Waals surface area contributed by atoms with E-state index in [1.807, 2.05) is 32.0 Å². The van der Waals surface area contributed by atoms with Gasteiger partial charge in [-0.3, -0.25) is 4.79 Å². The van der Waals surface area contributed by atoms with Crippen LogP contribution >= 0.6 is 0 Å². The lowest BCUT2D eigenvalue weighted by Crippen LogP contribution is -2.35. The van der Waals surface area contributed by atoms with Crippen LogP contribution in [0.15, 0.2) is 18.2 Å². The van der Waals surface area contributed by atoms with Crippen LogP contribution in [0.3, 0.4) is 0 Å². The van der Waals surface area contributed by atoms with Gasteiger partial charge in [0.15, 0.2) is 5.78 Å². The zero-order valence-electron chi connectivity index (χ0n) is 11.9. The summed E-state index contributed by atoms with van der Waals surface area (Å²) in [5, 5.41) is 3.42. The Bertz CT molecular complexity index is 436. The van der Waals surface area contributed by atoms with Gasteiger partial charge in [-0.15, -0.1) is 0 Å². The first kappa shape index (κ1) is 14.1. The van der Waals surface area contributed by atoms with Gasteiger partial charge in [-0.1, -0.05) is 6.42 Å². The Morgan fingerprint density at radius 3 is 2.89 bits per heavy atom. The van der Waals surface area contributed by atoms with E-state index in [0.29, 0.717) is 19.1 Å². The summed E-state index contributed by atoms with van der Waals surface area (Å²) in [7, 11) is 0. The normalized spacial score (nSPS) is 19.2. The lowest BCUT2D eigenvalue weighted by atomic mass is 9.96. The molecule has 1 unspecified atom stereocenters. The van der Waals surface area contributed by atoms with E-state index in [9.17, 15) is 4.79 Å². The van der Waals surface area contributed by atoms with Crippen LogP contribution in [0, 0.1) is 6.92 Å². The van der Waals surface area contributed by atoms with Crippen molar-refractivity contribution in [3.63, 3.8) is 0 Å². The number of hydrogen-bond acceptors (Lipinski definition) is 3. The zero-order valence-corrected chi connectivity index (χ0v) is 11.9. The topological polar surface area (TPSA) is 38.3 Å². The molecule has 19 heavy (non-hydrogen) atoms. The molecular weight excluding hydrogens is 238 g/mol. The summed E-state index contributed by atoms with van der Waals surface area (Å²) < 4.78 is 5.50. The van der Waals surface area contributed by atoms with E-state index in [-0.39, 0.29) is 5.78 Å². The molecule has 0 spiro atoms. The molecule has 1 aromatic rings. The summed E-state index contributed by atoms with van der Waals surface area (Å²) >= 11 is 0. The largest absolute Gasteiger partial charge is 0.494 e. The van der Waals surface area contributed by atoms with Gasteiger partial charge in [0.05, 0.1) is 6.61 Å². The number of rotatable bonds is 5. The smallest absolute Gasteiger partial charge is 0.164 e. The molecule has 1 aliphatic heterocycles. The summed E-state index contributed by atoms with van der Waals surface area (Å²) in [5.41, 5.74) is 1.83. The van der Waals surface area contributed by atoms with Crippen molar-refractivity contribution in [1.82, 2.24) is 5.32 Å². The van der Waals surface area contributed by atoms with Gasteiger partial charge in [-0.2, -0.15) is 0 Å². The summed E-state index contributed by atoms with van der Waals surface area (Å²) in [5.74, 6) is 1.10. The molecule has 1 aromatic carbocycles. The Hall–Kier alpha value is -1.35. The van der Waals surface area contributed by atoms with E-state index in [4.69, 9.17) is 4.74 Å². The Morgan fingerprint density at radius 1 is 1.42 bits per heavy atom. The summed E-state index contributed by atoms with van der Waals surface area (Å²) in [4.78, 5) is 12.3. The quantitative estimate of drug-likeness (QED) is 0.828. The molecule has 0 radical (unpaired) electrons. The zero-order chi connectivity index (χ0) is 13.7. The molecule has 1 saturated heterocycles. The molecular formula is C16H23NO2. The monoisotopic (exact) mass is 261 g/mol. The number of ether oxygens (including phenoxy) is 1. The first-order chi connectivity index (χ1) is 9.20. The highest BCUT2D eigenvalue weighted by Gasteiger charge is 2.17. The highest BCUT2D eigenvalue weighted by molar-refractivity contribution is 5.96. The van der Waals surface area contributed by atoms with Crippen LogP contribution in [-0.2, 0) is 0 Å². The SMILES string of the molecule is CCOc1ccc(C(=O)CC2CCCCN2)cc1C. The molecule has 1 atom stereocenters. The second kappa shape index (κ2) is 6.71. The third-order valence-corrected chi connectivity index (χ3v) is 3.64. The minimum Gasteiger partial charge on any atom is -0.494 e. The third kappa shape index (κ3) is 3.80. The molecule has 0 bridgehead atoms. The number of carbonyl (C=O) groups is 1.